The van der Waals surface area contributed by atoms with E-state index < -0.39 is 21.7 Å². The molecular formula is C19H20F3N3O3S. The van der Waals surface area contributed by atoms with Crippen LogP contribution in [-0.4, -0.2) is 56.3 Å². The highest BCUT2D eigenvalue weighted by Gasteiger charge is 2.29. The van der Waals surface area contributed by atoms with Crippen LogP contribution in [-0.2, 0) is 21.4 Å². The van der Waals surface area contributed by atoms with Crippen molar-refractivity contribution in [2.75, 3.05) is 32.7 Å². The van der Waals surface area contributed by atoms with Gasteiger partial charge < -0.3 is 5.32 Å². The van der Waals surface area contributed by atoms with Crippen LogP contribution >= 0.6 is 0 Å². The van der Waals surface area contributed by atoms with Crippen molar-refractivity contribution in [2.45, 2.75) is 11.4 Å². The van der Waals surface area contributed by atoms with E-state index in [0.29, 0.717) is 19.2 Å². The molecule has 1 fully saturated rings. The Balaban J connectivity index is 1.50. The molecule has 1 saturated heterocycles. The van der Waals surface area contributed by atoms with Crippen molar-refractivity contribution in [1.29, 1.82) is 0 Å². The van der Waals surface area contributed by atoms with Crippen molar-refractivity contribution in [2.24, 2.45) is 0 Å². The predicted octanol–water partition coefficient (Wildman–Crippen LogP) is 1.73. The van der Waals surface area contributed by atoms with Crippen molar-refractivity contribution in [1.82, 2.24) is 14.5 Å². The molecule has 1 N–H and O–H groups in total. The summed E-state index contributed by atoms with van der Waals surface area (Å²) in [4.78, 5) is 13.6. The zero-order chi connectivity index (χ0) is 21.0. The Labute approximate surface area is 167 Å². The van der Waals surface area contributed by atoms with Gasteiger partial charge in [-0.1, -0.05) is 12.1 Å². The molecule has 1 aliphatic rings. The third kappa shape index (κ3) is 5.34. The van der Waals surface area contributed by atoms with Crippen LogP contribution in [0.1, 0.15) is 5.56 Å². The average molecular weight is 427 g/mol. The Hall–Kier alpha value is -2.43. The first-order valence-corrected chi connectivity index (χ1v) is 10.4. The predicted molar refractivity (Wildman–Crippen MR) is 99.8 cm³/mol. The average Bonchev–Trinajstić information content (AvgIpc) is 2.70. The number of rotatable bonds is 6. The zero-order valence-corrected chi connectivity index (χ0v) is 16.3. The number of hydrogen-bond acceptors (Lipinski definition) is 4. The van der Waals surface area contributed by atoms with E-state index in [1.54, 1.807) is 17.0 Å². The van der Waals surface area contributed by atoms with Gasteiger partial charge in [0.25, 0.3) is 0 Å². The molecule has 1 heterocycles. The first-order chi connectivity index (χ1) is 13.8. The number of nitrogens with zero attached hydrogens (tertiary/aromatic N) is 2. The molecule has 1 aliphatic heterocycles. The molecule has 0 atom stereocenters. The quantitative estimate of drug-likeness (QED) is 0.763. The maximum atomic E-state index is 13.4. The van der Waals surface area contributed by atoms with Crippen molar-refractivity contribution in [3.63, 3.8) is 0 Å². The van der Waals surface area contributed by atoms with Crippen molar-refractivity contribution in [3.8, 4) is 0 Å². The van der Waals surface area contributed by atoms with Gasteiger partial charge in [-0.2, -0.15) is 4.31 Å². The lowest BCUT2D eigenvalue weighted by atomic mass is 10.2. The molecule has 2 aromatic carbocycles. The maximum Gasteiger partial charge on any atom is 0.243 e. The Kier molecular flexibility index (Phi) is 6.56. The van der Waals surface area contributed by atoms with E-state index in [4.69, 9.17) is 0 Å². The largest absolute Gasteiger partial charge is 0.351 e. The van der Waals surface area contributed by atoms with Crippen molar-refractivity contribution in [3.05, 3.63) is 65.5 Å². The Morgan fingerprint density at radius 2 is 1.59 bits per heavy atom. The summed E-state index contributed by atoms with van der Waals surface area (Å²) in [7, 11) is -3.93. The van der Waals surface area contributed by atoms with E-state index in [1.807, 2.05) is 0 Å². The second-order valence-corrected chi connectivity index (χ2v) is 8.60. The minimum atomic E-state index is -3.93. The lowest BCUT2D eigenvalue weighted by molar-refractivity contribution is -0.122. The van der Waals surface area contributed by atoms with Gasteiger partial charge in [-0.25, -0.2) is 21.6 Å². The highest BCUT2D eigenvalue weighted by atomic mass is 32.2. The molecule has 0 spiro atoms. The first-order valence-electron chi connectivity index (χ1n) is 8.94. The number of carbonyl (C=O) groups excluding carboxylic acids is 1. The number of hydrogen-bond donors (Lipinski definition) is 1. The van der Waals surface area contributed by atoms with Crippen molar-refractivity contribution >= 4 is 15.9 Å². The zero-order valence-electron chi connectivity index (χ0n) is 15.4. The standard InChI is InChI=1S/C19H20F3N3O3S/c20-15-3-1-14(2-4-15)12-23-19(26)13-24-7-9-25(10-8-24)29(27,28)16-5-6-17(21)18(22)11-16/h1-6,11H,7-10,12-13H2,(H,23,26). The van der Waals surface area contributed by atoms with E-state index in [-0.39, 0.29) is 42.8 Å². The molecule has 0 saturated carbocycles. The highest BCUT2D eigenvalue weighted by Crippen LogP contribution is 2.19. The summed E-state index contributed by atoms with van der Waals surface area (Å²) in [6.45, 7) is 1.28. The van der Waals surface area contributed by atoms with Crippen LogP contribution in [0.4, 0.5) is 13.2 Å². The number of sulfonamides is 1. The molecular weight excluding hydrogens is 407 g/mol. The van der Waals surface area contributed by atoms with E-state index in [1.165, 1.54) is 16.4 Å². The molecule has 29 heavy (non-hydrogen) atoms. The molecule has 0 unspecified atom stereocenters. The fraction of sp³-hybridized carbons (Fsp3) is 0.316. The maximum absolute atomic E-state index is 13.4. The summed E-state index contributed by atoms with van der Waals surface area (Å²) >= 11 is 0. The summed E-state index contributed by atoms with van der Waals surface area (Å²) in [6.07, 6.45) is 0. The molecule has 0 bridgehead atoms. The number of halogens is 3. The van der Waals surface area contributed by atoms with Crippen LogP contribution in [0.25, 0.3) is 0 Å². The molecule has 10 heteroatoms. The number of carbonyl (C=O) groups is 1. The monoisotopic (exact) mass is 427 g/mol. The van der Waals surface area contributed by atoms with Crippen LogP contribution in [0.2, 0.25) is 0 Å². The van der Waals surface area contributed by atoms with Crippen LogP contribution in [0, 0.1) is 17.5 Å². The summed E-state index contributed by atoms with van der Waals surface area (Å²) in [6, 6.07) is 8.27. The summed E-state index contributed by atoms with van der Waals surface area (Å²) in [5.74, 6) is -2.91. The van der Waals surface area contributed by atoms with Gasteiger partial charge in [-0.3, -0.25) is 9.69 Å². The lowest BCUT2D eigenvalue weighted by Gasteiger charge is -2.33. The van der Waals surface area contributed by atoms with Gasteiger partial charge in [0.15, 0.2) is 11.6 Å². The Morgan fingerprint density at radius 1 is 0.931 bits per heavy atom. The number of nitrogens with one attached hydrogen (secondary N) is 1. The second-order valence-electron chi connectivity index (χ2n) is 6.66. The normalized spacial score (nSPS) is 16.0. The van der Waals surface area contributed by atoms with Gasteiger partial charge in [0.05, 0.1) is 11.4 Å². The summed E-state index contributed by atoms with van der Waals surface area (Å²) in [5.41, 5.74) is 0.766. The van der Waals surface area contributed by atoms with E-state index >= 15 is 0 Å². The third-order valence-corrected chi connectivity index (χ3v) is 6.52. The van der Waals surface area contributed by atoms with Gasteiger partial charge in [0, 0.05) is 32.7 Å². The van der Waals surface area contributed by atoms with Gasteiger partial charge >= 0.3 is 0 Å². The molecule has 0 aromatic heterocycles. The molecule has 156 valence electrons. The minimum absolute atomic E-state index is 0.0975. The highest BCUT2D eigenvalue weighted by molar-refractivity contribution is 7.89. The molecule has 0 aliphatic carbocycles. The van der Waals surface area contributed by atoms with Crippen LogP contribution in [0.15, 0.2) is 47.4 Å². The van der Waals surface area contributed by atoms with Gasteiger partial charge in [-0.05, 0) is 35.9 Å². The van der Waals surface area contributed by atoms with Crippen LogP contribution in [0.3, 0.4) is 0 Å². The third-order valence-electron chi connectivity index (χ3n) is 4.63. The fourth-order valence-corrected chi connectivity index (χ4v) is 4.41. The van der Waals surface area contributed by atoms with Gasteiger partial charge in [0.2, 0.25) is 15.9 Å². The van der Waals surface area contributed by atoms with E-state index in [9.17, 15) is 26.4 Å². The molecule has 3 rings (SSSR count). The molecule has 2 aromatic rings. The first kappa shape index (κ1) is 21.3. The smallest absolute Gasteiger partial charge is 0.243 e. The molecule has 1 amide bonds. The topological polar surface area (TPSA) is 69.7 Å². The minimum Gasteiger partial charge on any atom is -0.351 e. The van der Waals surface area contributed by atoms with E-state index in [0.717, 1.165) is 17.7 Å². The fourth-order valence-electron chi connectivity index (χ4n) is 2.98. The molecule has 0 radical (unpaired) electrons. The van der Waals surface area contributed by atoms with Gasteiger partial charge in [0.1, 0.15) is 5.82 Å². The molecule has 6 nitrogen and oxygen atoms in total. The van der Waals surface area contributed by atoms with E-state index in [2.05, 4.69) is 5.32 Å². The number of benzene rings is 2. The van der Waals surface area contributed by atoms with Gasteiger partial charge in [-0.15, -0.1) is 0 Å². The lowest BCUT2D eigenvalue weighted by Crippen LogP contribution is -2.51. The Bertz CT molecular complexity index is 976. The van der Waals surface area contributed by atoms with Crippen LogP contribution in [0.5, 0.6) is 0 Å². The second kappa shape index (κ2) is 8.93. The number of amides is 1. The summed E-state index contributed by atoms with van der Waals surface area (Å²) in [5, 5.41) is 2.73. The van der Waals surface area contributed by atoms with Crippen LogP contribution < -0.4 is 5.32 Å². The summed E-state index contributed by atoms with van der Waals surface area (Å²) < 4.78 is 65.6. The number of piperazine rings is 1. The van der Waals surface area contributed by atoms with Crippen molar-refractivity contribution < 1.29 is 26.4 Å². The Morgan fingerprint density at radius 3 is 2.21 bits per heavy atom. The SMILES string of the molecule is O=C(CN1CCN(S(=O)(=O)c2ccc(F)c(F)c2)CC1)NCc1ccc(F)cc1.